The van der Waals surface area contributed by atoms with E-state index in [2.05, 4.69) is 27.7 Å². The van der Waals surface area contributed by atoms with Crippen molar-refractivity contribution in [2.75, 3.05) is 97.4 Å². The van der Waals surface area contributed by atoms with Crippen LogP contribution in [0.25, 0.3) is 0 Å². The largest absolute Gasteiger partial charge is 0.480 e. The summed E-state index contributed by atoms with van der Waals surface area (Å²) in [5, 5.41) is 43.7. The molecule has 0 aliphatic carbocycles. The van der Waals surface area contributed by atoms with E-state index in [1.807, 2.05) is 19.2 Å². The number of nitrogens with one attached hydrogen (secondary N) is 2. The van der Waals surface area contributed by atoms with E-state index in [0.29, 0.717) is 58.9 Å². The highest BCUT2D eigenvalue weighted by Gasteiger charge is 2.22. The molecule has 1 unspecified atom stereocenters. The lowest BCUT2D eigenvalue weighted by molar-refractivity contribution is -0.140. The van der Waals surface area contributed by atoms with Crippen molar-refractivity contribution >= 4 is 29.6 Å². The normalized spacial score (nSPS) is 17.5. The van der Waals surface area contributed by atoms with Crippen LogP contribution in [0.2, 0.25) is 0 Å². The molecule has 0 spiro atoms. The first-order valence-corrected chi connectivity index (χ1v) is 14.3. The van der Waals surface area contributed by atoms with Gasteiger partial charge < -0.3 is 31.1 Å². The van der Waals surface area contributed by atoms with E-state index in [9.17, 15) is 39.6 Å². The van der Waals surface area contributed by atoms with Gasteiger partial charge >= 0.3 is 23.9 Å². The van der Waals surface area contributed by atoms with Crippen LogP contribution in [-0.2, 0) is 25.6 Å². The fourth-order valence-corrected chi connectivity index (χ4v) is 5.00. The van der Waals surface area contributed by atoms with Gasteiger partial charge in [-0.25, -0.2) is 0 Å². The molecule has 1 aliphatic rings. The average Bonchev–Trinajstić information content (AvgIpc) is 2.92. The van der Waals surface area contributed by atoms with Gasteiger partial charge in [-0.05, 0) is 37.0 Å². The molecule has 0 saturated carbocycles. The predicted octanol–water partition coefficient (Wildman–Crippen LogP) is -0.431. The number of hydrogen-bond donors (Lipinski definition) is 6. The minimum Gasteiger partial charge on any atom is -0.480 e. The Hall–Kier alpha value is -3.30. The van der Waals surface area contributed by atoms with Gasteiger partial charge in [-0.15, -0.1) is 0 Å². The molecule has 6 N–H and O–H groups in total. The second-order valence-electron chi connectivity index (χ2n) is 10.6. The zero-order chi connectivity index (χ0) is 30.9. The SMILES string of the molecule is CNc1ccc(CCCC(CN2CCN(CC(=O)O)CCN(CC(=O)O)CCN(CC(=O)O)CC2)NCC(=O)O)cc1. The molecule has 0 aromatic heterocycles. The lowest BCUT2D eigenvalue weighted by Gasteiger charge is -2.34. The predicted molar refractivity (Wildman–Crippen MR) is 157 cm³/mol. The monoisotopic (exact) mass is 594 g/mol. The van der Waals surface area contributed by atoms with Crippen LogP contribution < -0.4 is 10.6 Å². The Balaban J connectivity index is 2.14. The van der Waals surface area contributed by atoms with Crippen LogP contribution in [0.1, 0.15) is 18.4 Å². The fourth-order valence-electron chi connectivity index (χ4n) is 5.00. The minimum atomic E-state index is -1.00. The number of aryl methyl sites for hydroxylation is 1. The van der Waals surface area contributed by atoms with E-state index in [1.165, 1.54) is 5.56 Å². The molecular weight excluding hydrogens is 548 g/mol. The Kier molecular flexibility index (Phi) is 15.8. The van der Waals surface area contributed by atoms with E-state index in [0.717, 1.165) is 24.9 Å². The minimum absolute atomic E-state index is 0.141. The van der Waals surface area contributed by atoms with E-state index in [1.54, 1.807) is 14.7 Å². The topological polar surface area (TPSA) is 186 Å². The van der Waals surface area contributed by atoms with E-state index in [-0.39, 0.29) is 32.2 Å². The quantitative estimate of drug-likeness (QED) is 0.145. The first-order chi connectivity index (χ1) is 20.0. The lowest BCUT2D eigenvalue weighted by atomic mass is 10.0. The second kappa shape index (κ2) is 19.0. The Morgan fingerprint density at radius 2 is 1.12 bits per heavy atom. The van der Waals surface area contributed by atoms with Crippen LogP contribution in [-0.4, -0.2) is 162 Å². The number of benzene rings is 1. The summed E-state index contributed by atoms with van der Waals surface area (Å²) in [6, 6.07) is 8.01. The van der Waals surface area contributed by atoms with Crippen LogP contribution >= 0.6 is 0 Å². The van der Waals surface area contributed by atoms with Gasteiger partial charge in [-0.2, -0.15) is 0 Å². The molecule has 1 atom stereocenters. The molecule has 1 aromatic carbocycles. The Labute approximate surface area is 246 Å². The highest BCUT2D eigenvalue weighted by atomic mass is 16.4. The van der Waals surface area contributed by atoms with Crippen molar-refractivity contribution in [1.29, 1.82) is 0 Å². The third-order valence-electron chi connectivity index (χ3n) is 7.29. The highest BCUT2D eigenvalue weighted by molar-refractivity contribution is 5.70. The van der Waals surface area contributed by atoms with Crippen LogP contribution in [0.5, 0.6) is 0 Å². The summed E-state index contributed by atoms with van der Waals surface area (Å²) < 4.78 is 0. The van der Waals surface area contributed by atoms with Gasteiger partial charge in [0.15, 0.2) is 0 Å². The fraction of sp³-hybridized carbons (Fsp3) is 0.643. The number of anilines is 1. The number of carboxylic acid groups (broad SMARTS) is 4. The first kappa shape index (κ1) is 34.9. The van der Waals surface area contributed by atoms with Gasteiger partial charge in [0.25, 0.3) is 0 Å². The van der Waals surface area contributed by atoms with Gasteiger partial charge in [0.05, 0.1) is 26.2 Å². The molecule has 42 heavy (non-hydrogen) atoms. The van der Waals surface area contributed by atoms with E-state index >= 15 is 0 Å². The number of carboxylic acids is 4. The maximum atomic E-state index is 11.5. The average molecular weight is 595 g/mol. The summed E-state index contributed by atoms with van der Waals surface area (Å²) in [4.78, 5) is 53.2. The molecule has 1 saturated heterocycles. The van der Waals surface area contributed by atoms with Crippen molar-refractivity contribution in [3.8, 4) is 0 Å². The van der Waals surface area contributed by atoms with E-state index < -0.39 is 23.9 Å². The molecule has 1 fully saturated rings. The molecule has 0 bridgehead atoms. The van der Waals surface area contributed by atoms with Crippen molar-refractivity contribution in [1.82, 2.24) is 24.9 Å². The molecule has 1 aromatic rings. The van der Waals surface area contributed by atoms with Crippen molar-refractivity contribution in [3.05, 3.63) is 29.8 Å². The first-order valence-electron chi connectivity index (χ1n) is 14.3. The summed E-state index contributed by atoms with van der Waals surface area (Å²) in [6.45, 7) is 2.89. The summed E-state index contributed by atoms with van der Waals surface area (Å²) >= 11 is 0. The second-order valence-corrected chi connectivity index (χ2v) is 10.6. The zero-order valence-electron chi connectivity index (χ0n) is 24.4. The molecule has 0 radical (unpaired) electrons. The number of carbonyl (C=O) groups is 4. The Bertz CT molecular complexity index is 963. The van der Waals surface area contributed by atoms with Gasteiger partial charge in [0.2, 0.25) is 0 Å². The van der Waals surface area contributed by atoms with Gasteiger partial charge in [0, 0.05) is 77.7 Å². The summed E-state index contributed by atoms with van der Waals surface area (Å²) in [6.07, 6.45) is 2.39. The van der Waals surface area contributed by atoms with E-state index in [4.69, 9.17) is 0 Å². The lowest BCUT2D eigenvalue weighted by Crippen LogP contribution is -2.50. The van der Waals surface area contributed by atoms with Gasteiger partial charge in [-0.1, -0.05) is 12.1 Å². The number of rotatable bonds is 16. The zero-order valence-corrected chi connectivity index (χ0v) is 24.4. The Morgan fingerprint density at radius 1 is 0.690 bits per heavy atom. The smallest absolute Gasteiger partial charge is 0.317 e. The van der Waals surface area contributed by atoms with Gasteiger partial charge in [-0.3, -0.25) is 38.8 Å². The number of nitrogens with zero attached hydrogens (tertiary/aromatic N) is 4. The van der Waals surface area contributed by atoms with Crippen LogP contribution in [0.4, 0.5) is 5.69 Å². The van der Waals surface area contributed by atoms with Crippen LogP contribution in [0.15, 0.2) is 24.3 Å². The third-order valence-corrected chi connectivity index (χ3v) is 7.29. The number of aliphatic carboxylic acids is 4. The van der Waals surface area contributed by atoms with Crippen molar-refractivity contribution in [3.63, 3.8) is 0 Å². The summed E-state index contributed by atoms with van der Waals surface area (Å²) in [5.41, 5.74) is 2.21. The number of hydrogen-bond acceptors (Lipinski definition) is 10. The van der Waals surface area contributed by atoms with Crippen molar-refractivity contribution < 1.29 is 39.6 Å². The maximum absolute atomic E-state index is 11.5. The standard InChI is InChI=1S/C28H46N6O8/c1-29-23-7-5-22(6-8-23)3-2-4-24(30-17-25(35)36)18-31-9-11-32(19-26(37)38)13-15-34(21-28(41)42)16-14-33(12-10-31)20-27(39)40/h5-8,24,29-30H,2-4,9-21H2,1H3,(H,35,36)(H,37,38)(H,39,40)(H,41,42). The highest BCUT2D eigenvalue weighted by Crippen LogP contribution is 2.13. The third kappa shape index (κ3) is 15.1. The van der Waals surface area contributed by atoms with Crippen LogP contribution in [0.3, 0.4) is 0 Å². The Morgan fingerprint density at radius 3 is 1.50 bits per heavy atom. The molecule has 0 amide bonds. The summed E-state index contributed by atoms with van der Waals surface area (Å²) in [5.74, 6) is -3.91. The molecule has 14 heteroatoms. The molecule has 236 valence electrons. The molecule has 14 nitrogen and oxygen atoms in total. The molecular formula is C28H46N6O8. The van der Waals surface area contributed by atoms with Crippen LogP contribution in [0, 0.1) is 0 Å². The van der Waals surface area contributed by atoms with Gasteiger partial charge in [0.1, 0.15) is 0 Å². The maximum Gasteiger partial charge on any atom is 0.317 e. The molecule has 2 rings (SSSR count). The molecule has 1 aliphatic heterocycles. The molecule has 1 heterocycles. The van der Waals surface area contributed by atoms with Crippen molar-refractivity contribution in [2.24, 2.45) is 0 Å². The van der Waals surface area contributed by atoms with Crippen molar-refractivity contribution in [2.45, 2.75) is 25.3 Å². The summed E-state index contributed by atoms with van der Waals surface area (Å²) in [7, 11) is 1.86.